The van der Waals surface area contributed by atoms with Crippen molar-refractivity contribution in [2.75, 3.05) is 0 Å². The molecule has 0 aromatic carbocycles. The van der Waals surface area contributed by atoms with E-state index >= 15 is 0 Å². The van der Waals surface area contributed by atoms with Crippen LogP contribution in [0.2, 0.25) is 0 Å². The predicted molar refractivity (Wildman–Crippen MR) is 99.4 cm³/mol. The predicted octanol–water partition coefficient (Wildman–Crippen LogP) is -14.9. The number of hydrogen-bond acceptors (Lipinski definition) is 10. The van der Waals surface area contributed by atoms with Crippen molar-refractivity contribution in [3.8, 4) is 0 Å². The van der Waals surface area contributed by atoms with E-state index < -0.39 is 32.7 Å². The Labute approximate surface area is 188 Å². The first-order valence-electron chi connectivity index (χ1n) is 2.45. The topological polar surface area (TPSA) is 708 Å². The van der Waals surface area contributed by atoms with Gasteiger partial charge in [0.25, 0.3) is 0 Å². The van der Waals surface area contributed by atoms with E-state index in [1.807, 2.05) is 0 Å². The molecule has 0 spiro atoms. The van der Waals surface area contributed by atoms with Gasteiger partial charge in [-0.3, -0.25) is 13.0 Å². The normalized spacial score (nSPS) is 5.00. The van der Waals surface area contributed by atoms with Crippen LogP contribution in [-0.2, 0) is 30.4 Å². The molecule has 0 aliphatic heterocycles. The zero-order valence-corrected chi connectivity index (χ0v) is 17.9. The maximum atomic E-state index is 9.10. The van der Waals surface area contributed by atoms with Crippen molar-refractivity contribution in [2.24, 2.45) is 0 Å². The van der Waals surface area contributed by atoms with Gasteiger partial charge in [0.15, 0.2) is 0 Å². The molecule has 0 aliphatic rings. The standard InChI is InChI=1S/C2H2O4.Al.H3N.2H2O4S.14H2O/c3-1(4)2(5)6;;;2*1-5(2,3)4;;;;;;;;;;;;;;/h(H,3,4)(H,5,6);;1H3;2*(H2,1,2,3,4);14*1H2/q;+3;;;;;;;;;;;;;;;;;/p-3. The monoisotopic (exact) mass is 579 g/mol. The summed E-state index contributed by atoms with van der Waals surface area (Å²) in [6.45, 7) is 0. The molecule has 0 rings (SSSR count). The number of hydrogen-bond donors (Lipinski definition) is 4. The van der Waals surface area contributed by atoms with Gasteiger partial charge in [0.1, 0.15) is 0 Å². The van der Waals surface area contributed by atoms with Gasteiger partial charge in [0.2, 0.25) is 10.4 Å². The second-order valence-electron chi connectivity index (χ2n) is 1.45. The Bertz CT molecular complexity index is 369. The van der Waals surface area contributed by atoms with Crippen LogP contribution in [0.1, 0.15) is 0 Å². The maximum absolute atomic E-state index is 9.10. The summed E-state index contributed by atoms with van der Waals surface area (Å²) < 4.78 is 66.9. The molecular weight excluding hydrogens is 545 g/mol. The van der Waals surface area contributed by atoms with Crippen LogP contribution < -0.4 is 6.15 Å². The molecule has 0 atom stereocenters. The molecule has 0 amide bonds. The molecule has 0 fully saturated rings. The number of carbonyl (C=O) groups is 2. The summed E-state index contributed by atoms with van der Waals surface area (Å²) in [6.07, 6.45) is 0. The van der Waals surface area contributed by atoms with Crippen LogP contribution in [0.3, 0.4) is 0 Å². The van der Waals surface area contributed by atoms with E-state index in [1.165, 1.54) is 0 Å². The Balaban J connectivity index is -0.00000000374. The Morgan fingerprint density at radius 3 is 0.531 bits per heavy atom. The summed E-state index contributed by atoms with van der Waals surface area (Å²) in [4.78, 5) is 18.2. The van der Waals surface area contributed by atoms with Crippen LogP contribution in [0.5, 0.6) is 0 Å². The van der Waals surface area contributed by atoms with Crippen LogP contribution in [0.4, 0.5) is 0 Å². The third kappa shape index (κ3) is 3200. The third-order valence-electron chi connectivity index (χ3n) is 0.183. The molecule has 0 bridgehead atoms. The van der Waals surface area contributed by atoms with Crippen LogP contribution >= 0.6 is 0 Å². The van der Waals surface area contributed by atoms with Gasteiger partial charge in [-0.05, 0) is 0 Å². The van der Waals surface area contributed by atoms with E-state index in [0.29, 0.717) is 0 Å². The number of carboxylic acids is 2. The van der Waals surface area contributed by atoms with Crippen molar-refractivity contribution in [3.63, 3.8) is 0 Å². The molecule has 32 heavy (non-hydrogen) atoms. The minimum atomic E-state index is -5.17. The minimum absolute atomic E-state index is 0. The van der Waals surface area contributed by atoms with Crippen molar-refractivity contribution in [2.45, 2.75) is 0 Å². The fraction of sp³-hybridized carbons (Fsp3) is 0. The van der Waals surface area contributed by atoms with E-state index in [-0.39, 0.29) is 100 Å². The molecule has 0 saturated heterocycles. The summed E-state index contributed by atoms with van der Waals surface area (Å²) in [5, 5.41) is 14.8. The zero-order chi connectivity index (χ0) is 14.2. The Morgan fingerprint density at radius 1 is 0.500 bits per heavy atom. The first-order chi connectivity index (χ1) is 6.64. The fourth-order valence-electron chi connectivity index (χ4n) is 0. The summed E-state index contributed by atoms with van der Waals surface area (Å²) >= 11 is 0. The molecule has 0 unspecified atom stereocenters. The van der Waals surface area contributed by atoms with Gasteiger partial charge in [-0.15, -0.1) is 0 Å². The Kier molecular flexibility index (Phi) is 546. The van der Waals surface area contributed by atoms with Gasteiger partial charge in [0.05, 0.1) is 0 Å². The second-order valence-corrected chi connectivity index (χ2v) is 3.12. The van der Waals surface area contributed by atoms with E-state index in [1.54, 1.807) is 0 Å². The number of carboxylic acid groups (broad SMARTS) is 2. The van der Waals surface area contributed by atoms with Crippen molar-refractivity contribution in [1.82, 2.24) is 6.15 Å². The van der Waals surface area contributed by atoms with Crippen molar-refractivity contribution in [1.29, 1.82) is 0 Å². The van der Waals surface area contributed by atoms with Crippen molar-refractivity contribution in [3.05, 3.63) is 0 Å². The maximum Gasteiger partial charge on any atom is 3.00 e. The molecular formula is C2H34AlNO26S2. The average Bonchev–Trinajstić information content (AvgIpc) is 1.77. The smallest absolute Gasteiger partial charge is 0.759 e. The van der Waals surface area contributed by atoms with Crippen LogP contribution in [0.25, 0.3) is 0 Å². The minimum Gasteiger partial charge on any atom is -0.759 e. The summed E-state index contributed by atoms with van der Waals surface area (Å²) in [5.74, 6) is -3.65. The van der Waals surface area contributed by atoms with Crippen molar-refractivity contribution >= 4 is 50.1 Å². The van der Waals surface area contributed by atoms with E-state index in [9.17, 15) is 0 Å². The third-order valence-corrected chi connectivity index (χ3v) is 0.183. The van der Waals surface area contributed by atoms with Gasteiger partial charge < -0.3 is 107 Å². The van der Waals surface area contributed by atoms with E-state index in [0.717, 1.165) is 0 Å². The largest absolute Gasteiger partial charge is 3.00 e. The molecule has 0 aromatic rings. The number of rotatable bonds is 0. The number of aliphatic carboxylic acids is 2. The molecule has 34 N–H and O–H groups in total. The molecule has 0 radical (unpaired) electrons. The average molecular weight is 579 g/mol. The summed E-state index contributed by atoms with van der Waals surface area (Å²) in [6, 6.07) is 0. The molecule has 0 aromatic heterocycles. The first kappa shape index (κ1) is 199. The quantitative estimate of drug-likeness (QED) is 0.0897. The van der Waals surface area contributed by atoms with Crippen LogP contribution in [-0.4, -0.2) is 151 Å². The summed E-state index contributed by atoms with van der Waals surface area (Å²) in [7, 11) is -10.1. The molecule has 218 valence electrons. The van der Waals surface area contributed by atoms with E-state index in [4.69, 9.17) is 54.8 Å². The van der Waals surface area contributed by atoms with E-state index in [2.05, 4.69) is 0 Å². The first-order valence-corrected chi connectivity index (χ1v) is 5.15. The zero-order valence-electron chi connectivity index (χ0n) is 15.1. The van der Waals surface area contributed by atoms with Gasteiger partial charge >= 0.3 is 29.3 Å². The fourth-order valence-corrected chi connectivity index (χ4v) is 0. The second kappa shape index (κ2) is 87.8. The van der Waals surface area contributed by atoms with Crippen molar-refractivity contribution < 1.29 is 132 Å². The molecule has 0 saturated carbocycles. The summed E-state index contributed by atoms with van der Waals surface area (Å²) in [5.41, 5.74) is 0. The van der Waals surface area contributed by atoms with Crippen LogP contribution in [0, 0.1) is 0 Å². The molecule has 30 heteroatoms. The van der Waals surface area contributed by atoms with Gasteiger partial charge in [-0.25, -0.2) is 18.0 Å². The molecule has 0 heterocycles. The Hall–Kier alpha value is -1.39. The van der Waals surface area contributed by atoms with Gasteiger partial charge in [-0.2, -0.15) is 0 Å². The SMILES string of the molecule is N.O.O.O.O.O.O.O.O.O.O.O.O.O.O.O=C(O)C(=O)O.O=S(=O)([O-])O.O=S(=O)([O-])[O-].[Al+3]. The molecule has 27 nitrogen and oxygen atoms in total. The molecule has 0 aliphatic carbocycles. The Morgan fingerprint density at radius 2 is 0.531 bits per heavy atom. The van der Waals surface area contributed by atoms with Crippen LogP contribution in [0.15, 0.2) is 0 Å². The van der Waals surface area contributed by atoms with Gasteiger partial charge in [0, 0.05) is 10.4 Å². The van der Waals surface area contributed by atoms with Gasteiger partial charge in [-0.1, -0.05) is 0 Å².